The molecule has 2 aromatic carbocycles. The maximum atomic E-state index is 13.8. The molecule has 1 aliphatic rings. The van der Waals surface area contributed by atoms with Gasteiger partial charge in [0.15, 0.2) is 0 Å². The average Bonchev–Trinajstić information content (AvgIpc) is 3.41. The second kappa shape index (κ2) is 7.27. The molecule has 0 radical (unpaired) electrons. The van der Waals surface area contributed by atoms with E-state index in [1.54, 1.807) is 0 Å². The maximum absolute atomic E-state index is 13.8. The van der Waals surface area contributed by atoms with Crippen LogP contribution in [0.5, 0.6) is 0 Å². The molecule has 0 heterocycles. The summed E-state index contributed by atoms with van der Waals surface area (Å²) < 4.78 is 40.0. The van der Waals surface area contributed by atoms with Gasteiger partial charge in [0.25, 0.3) is 0 Å². The van der Waals surface area contributed by atoms with Crippen molar-refractivity contribution in [3.8, 4) is 0 Å². The molecular formula is C19H18F3NO2. The maximum Gasteiger partial charge on any atom is 0.227 e. The normalized spacial score (nSPS) is 15.0. The number of carbonyl (C=O) groups excluding carboxylic acids is 1. The molecule has 0 spiro atoms. The molecular weight excluding hydrogens is 331 g/mol. The predicted molar refractivity (Wildman–Crippen MR) is 86.2 cm³/mol. The van der Waals surface area contributed by atoms with Crippen LogP contribution in [0.15, 0.2) is 42.5 Å². The van der Waals surface area contributed by atoms with E-state index >= 15 is 0 Å². The summed E-state index contributed by atoms with van der Waals surface area (Å²) in [4.78, 5) is 14.0. The SMILES string of the molecule is O=C(Cc1cc(F)ccc1F)N(CC(O)c1ccc(F)cc1)C1CC1. The fourth-order valence-electron chi connectivity index (χ4n) is 2.76. The molecule has 2 aromatic rings. The Kier molecular flexibility index (Phi) is 5.08. The molecule has 1 fully saturated rings. The van der Waals surface area contributed by atoms with E-state index in [1.165, 1.54) is 29.2 Å². The summed E-state index contributed by atoms with van der Waals surface area (Å²) in [6.45, 7) is 0.0338. The number of hydrogen-bond donors (Lipinski definition) is 1. The van der Waals surface area contributed by atoms with Gasteiger partial charge in [-0.15, -0.1) is 0 Å². The minimum absolute atomic E-state index is 0.000723. The highest BCUT2D eigenvalue weighted by Crippen LogP contribution is 2.30. The Morgan fingerprint density at radius 1 is 1.08 bits per heavy atom. The smallest absolute Gasteiger partial charge is 0.227 e. The van der Waals surface area contributed by atoms with E-state index in [9.17, 15) is 23.1 Å². The van der Waals surface area contributed by atoms with Gasteiger partial charge < -0.3 is 10.0 Å². The van der Waals surface area contributed by atoms with Crippen LogP contribution in [0.3, 0.4) is 0 Å². The van der Waals surface area contributed by atoms with Gasteiger partial charge in [-0.1, -0.05) is 12.1 Å². The van der Waals surface area contributed by atoms with Crippen LogP contribution >= 0.6 is 0 Å². The first-order valence-corrected chi connectivity index (χ1v) is 8.11. The van der Waals surface area contributed by atoms with E-state index in [0.717, 1.165) is 31.0 Å². The van der Waals surface area contributed by atoms with Crippen LogP contribution in [0.25, 0.3) is 0 Å². The third-order valence-electron chi connectivity index (χ3n) is 4.28. The summed E-state index contributed by atoms with van der Waals surface area (Å²) in [5, 5.41) is 10.3. The predicted octanol–water partition coefficient (Wildman–Crippen LogP) is 3.37. The van der Waals surface area contributed by atoms with Crippen molar-refractivity contribution in [3.63, 3.8) is 0 Å². The largest absolute Gasteiger partial charge is 0.387 e. The Bertz CT molecular complexity index is 760. The summed E-state index contributed by atoms with van der Waals surface area (Å²) in [6, 6.07) is 8.40. The third kappa shape index (κ3) is 4.39. The van der Waals surface area contributed by atoms with Crippen molar-refractivity contribution in [2.75, 3.05) is 6.54 Å². The van der Waals surface area contributed by atoms with E-state index in [4.69, 9.17) is 0 Å². The van der Waals surface area contributed by atoms with E-state index in [1.807, 2.05) is 0 Å². The second-order valence-electron chi connectivity index (χ2n) is 6.26. The number of carbonyl (C=O) groups is 1. The molecule has 132 valence electrons. The lowest BCUT2D eigenvalue weighted by atomic mass is 10.1. The van der Waals surface area contributed by atoms with Crippen LogP contribution in [0, 0.1) is 17.5 Å². The quantitative estimate of drug-likeness (QED) is 0.869. The Balaban J connectivity index is 1.71. The topological polar surface area (TPSA) is 40.5 Å². The van der Waals surface area contributed by atoms with E-state index in [2.05, 4.69) is 0 Å². The number of aliphatic hydroxyl groups excluding tert-OH is 1. The lowest BCUT2D eigenvalue weighted by Crippen LogP contribution is -2.37. The first-order valence-electron chi connectivity index (χ1n) is 8.11. The van der Waals surface area contributed by atoms with Gasteiger partial charge in [0.05, 0.1) is 19.1 Å². The molecule has 6 heteroatoms. The summed E-state index contributed by atoms with van der Waals surface area (Å²) in [7, 11) is 0. The van der Waals surface area contributed by atoms with Crippen molar-refractivity contribution in [2.24, 2.45) is 0 Å². The molecule has 0 aromatic heterocycles. The Morgan fingerprint density at radius 3 is 2.36 bits per heavy atom. The van der Waals surface area contributed by atoms with E-state index in [0.29, 0.717) is 5.56 Å². The van der Waals surface area contributed by atoms with Crippen molar-refractivity contribution in [3.05, 3.63) is 71.0 Å². The van der Waals surface area contributed by atoms with Gasteiger partial charge >= 0.3 is 0 Å². The molecule has 1 saturated carbocycles. The zero-order chi connectivity index (χ0) is 18.0. The van der Waals surface area contributed by atoms with Gasteiger partial charge in [0.2, 0.25) is 5.91 Å². The Hall–Kier alpha value is -2.34. The molecule has 25 heavy (non-hydrogen) atoms. The Labute approximate surface area is 143 Å². The van der Waals surface area contributed by atoms with Gasteiger partial charge in [-0.25, -0.2) is 13.2 Å². The van der Waals surface area contributed by atoms with Crippen LogP contribution in [-0.2, 0) is 11.2 Å². The van der Waals surface area contributed by atoms with Crippen LogP contribution in [0.2, 0.25) is 0 Å². The van der Waals surface area contributed by atoms with Gasteiger partial charge in [0, 0.05) is 11.6 Å². The molecule has 1 unspecified atom stereocenters. The zero-order valence-corrected chi connectivity index (χ0v) is 13.5. The molecule has 1 amide bonds. The average molecular weight is 349 g/mol. The summed E-state index contributed by atoms with van der Waals surface area (Å²) in [6.07, 6.45) is 0.388. The highest BCUT2D eigenvalue weighted by atomic mass is 19.1. The van der Waals surface area contributed by atoms with Crippen molar-refractivity contribution in [1.82, 2.24) is 4.90 Å². The van der Waals surface area contributed by atoms with Gasteiger partial charge in [-0.3, -0.25) is 4.79 Å². The van der Waals surface area contributed by atoms with Gasteiger partial charge in [-0.05, 0) is 48.7 Å². The van der Waals surface area contributed by atoms with Crippen molar-refractivity contribution in [2.45, 2.75) is 31.4 Å². The van der Waals surface area contributed by atoms with Gasteiger partial charge in [-0.2, -0.15) is 0 Å². The zero-order valence-electron chi connectivity index (χ0n) is 13.5. The highest BCUT2D eigenvalue weighted by molar-refractivity contribution is 5.79. The monoisotopic (exact) mass is 349 g/mol. The summed E-state index contributed by atoms with van der Waals surface area (Å²) in [5.41, 5.74) is 0.490. The Morgan fingerprint density at radius 2 is 1.72 bits per heavy atom. The fraction of sp³-hybridized carbons (Fsp3) is 0.316. The number of nitrogens with zero attached hydrogens (tertiary/aromatic N) is 1. The minimum Gasteiger partial charge on any atom is -0.387 e. The minimum atomic E-state index is -0.970. The number of rotatable bonds is 6. The lowest BCUT2D eigenvalue weighted by molar-refractivity contribution is -0.132. The van der Waals surface area contributed by atoms with Crippen LogP contribution < -0.4 is 0 Å². The second-order valence-corrected chi connectivity index (χ2v) is 6.26. The number of halogens is 3. The molecule has 1 aliphatic carbocycles. The standard InChI is InChI=1S/C19H18F3NO2/c20-14-3-1-12(2-4-14)18(24)11-23(16-6-7-16)19(25)10-13-9-15(21)5-8-17(13)22/h1-5,8-9,16,18,24H,6-7,10-11H2. The summed E-state index contributed by atoms with van der Waals surface area (Å²) >= 11 is 0. The molecule has 3 rings (SSSR count). The molecule has 0 saturated heterocycles. The number of amides is 1. The summed E-state index contributed by atoms with van der Waals surface area (Å²) in [5.74, 6) is -2.01. The van der Waals surface area contributed by atoms with Crippen LogP contribution in [-0.4, -0.2) is 28.5 Å². The highest BCUT2D eigenvalue weighted by Gasteiger charge is 2.34. The molecule has 1 N–H and O–H groups in total. The molecule has 0 bridgehead atoms. The molecule has 0 aliphatic heterocycles. The molecule has 3 nitrogen and oxygen atoms in total. The number of benzene rings is 2. The fourth-order valence-corrected chi connectivity index (χ4v) is 2.76. The number of aliphatic hydroxyl groups is 1. The van der Waals surface area contributed by atoms with Crippen LogP contribution in [0.1, 0.15) is 30.1 Å². The third-order valence-corrected chi connectivity index (χ3v) is 4.28. The van der Waals surface area contributed by atoms with Crippen LogP contribution in [0.4, 0.5) is 13.2 Å². The van der Waals surface area contributed by atoms with Crippen molar-refractivity contribution in [1.29, 1.82) is 0 Å². The van der Waals surface area contributed by atoms with Gasteiger partial charge in [0.1, 0.15) is 17.5 Å². The van der Waals surface area contributed by atoms with Crippen molar-refractivity contribution < 1.29 is 23.1 Å². The van der Waals surface area contributed by atoms with Crippen molar-refractivity contribution >= 4 is 5.91 Å². The first kappa shape index (κ1) is 17.5. The first-order chi connectivity index (χ1) is 11.9. The molecule has 1 atom stereocenters. The number of hydrogen-bond acceptors (Lipinski definition) is 2. The lowest BCUT2D eigenvalue weighted by Gasteiger charge is -2.25. The van der Waals surface area contributed by atoms with E-state index < -0.39 is 23.6 Å². The van der Waals surface area contributed by atoms with E-state index in [-0.39, 0.29) is 30.5 Å².